The lowest BCUT2D eigenvalue weighted by atomic mass is 10.1. The highest BCUT2D eigenvalue weighted by atomic mass is 16.6. The topological polar surface area (TPSA) is 93.5 Å². The molecule has 7 nitrogen and oxygen atoms in total. The highest BCUT2D eigenvalue weighted by molar-refractivity contribution is 6.04. The molecule has 2 N–H and O–H groups in total. The minimum atomic E-state index is -0.541. The molecule has 4 rings (SSSR count). The first kappa shape index (κ1) is 19.9. The number of amides is 2. The Bertz CT molecular complexity index is 1080. The van der Waals surface area contributed by atoms with Crippen molar-refractivity contribution in [3.63, 3.8) is 0 Å². The molecule has 1 aliphatic rings. The van der Waals surface area contributed by atoms with E-state index in [4.69, 9.17) is 9.15 Å². The van der Waals surface area contributed by atoms with Crippen LogP contribution in [0.15, 0.2) is 46.9 Å². The molecule has 7 heteroatoms. The average molecular weight is 407 g/mol. The molecule has 0 bridgehead atoms. The number of aromatic nitrogens is 1. The molecule has 1 saturated carbocycles. The number of carbonyl (C=O) groups excluding carboxylic acids is 2. The van der Waals surface area contributed by atoms with E-state index in [2.05, 4.69) is 15.6 Å². The van der Waals surface area contributed by atoms with Crippen molar-refractivity contribution in [2.75, 3.05) is 5.32 Å². The molecular formula is C23H25N3O4. The summed E-state index contributed by atoms with van der Waals surface area (Å²) in [7, 11) is 0. The summed E-state index contributed by atoms with van der Waals surface area (Å²) in [6, 6.07) is 12.5. The van der Waals surface area contributed by atoms with Crippen LogP contribution in [-0.4, -0.2) is 22.6 Å². The van der Waals surface area contributed by atoms with E-state index in [9.17, 15) is 9.59 Å². The number of hydrogen-bond acceptors (Lipinski definition) is 5. The van der Waals surface area contributed by atoms with Crippen LogP contribution < -0.4 is 10.6 Å². The van der Waals surface area contributed by atoms with Gasteiger partial charge in [0.1, 0.15) is 11.1 Å². The number of ether oxygens (including phenoxy) is 1. The van der Waals surface area contributed by atoms with Gasteiger partial charge in [-0.25, -0.2) is 9.78 Å². The van der Waals surface area contributed by atoms with Crippen molar-refractivity contribution in [3.8, 4) is 0 Å². The number of rotatable bonds is 5. The van der Waals surface area contributed by atoms with E-state index in [1.807, 2.05) is 32.9 Å². The summed E-state index contributed by atoms with van der Waals surface area (Å²) in [6.45, 7) is 5.76. The molecule has 1 heterocycles. The van der Waals surface area contributed by atoms with Gasteiger partial charge in [0.05, 0.1) is 0 Å². The first-order valence-corrected chi connectivity index (χ1v) is 10.0. The summed E-state index contributed by atoms with van der Waals surface area (Å²) in [5.41, 5.74) is 3.00. The molecule has 0 aliphatic heterocycles. The van der Waals surface area contributed by atoms with E-state index >= 15 is 0 Å². The van der Waals surface area contributed by atoms with Gasteiger partial charge >= 0.3 is 6.09 Å². The van der Waals surface area contributed by atoms with Crippen molar-refractivity contribution >= 4 is 28.8 Å². The fourth-order valence-electron chi connectivity index (χ4n) is 2.99. The maximum absolute atomic E-state index is 12.6. The van der Waals surface area contributed by atoms with Gasteiger partial charge in [0, 0.05) is 23.7 Å². The van der Waals surface area contributed by atoms with Crippen molar-refractivity contribution in [2.45, 2.75) is 51.7 Å². The molecule has 156 valence electrons. The molecule has 2 aromatic carbocycles. The number of oxazole rings is 1. The van der Waals surface area contributed by atoms with Crippen molar-refractivity contribution in [3.05, 3.63) is 59.5 Å². The number of alkyl carbamates (subject to hydrolysis) is 1. The zero-order valence-corrected chi connectivity index (χ0v) is 17.3. The quantitative estimate of drug-likeness (QED) is 0.622. The third-order valence-electron chi connectivity index (χ3n) is 4.64. The zero-order valence-electron chi connectivity index (χ0n) is 17.3. The van der Waals surface area contributed by atoms with Crippen molar-refractivity contribution in [1.82, 2.24) is 10.3 Å². The highest BCUT2D eigenvalue weighted by Gasteiger charge is 2.28. The zero-order chi connectivity index (χ0) is 21.3. The number of nitrogens with zero attached hydrogens (tertiary/aromatic N) is 1. The maximum atomic E-state index is 12.6. The van der Waals surface area contributed by atoms with E-state index in [1.54, 1.807) is 30.3 Å². The molecule has 0 atom stereocenters. The summed E-state index contributed by atoms with van der Waals surface area (Å²) in [6.07, 6.45) is 1.77. The summed E-state index contributed by atoms with van der Waals surface area (Å²) in [5, 5.41) is 5.59. The summed E-state index contributed by atoms with van der Waals surface area (Å²) >= 11 is 0. The Kier molecular flexibility index (Phi) is 5.20. The van der Waals surface area contributed by atoms with Crippen molar-refractivity contribution in [2.24, 2.45) is 0 Å². The minimum Gasteiger partial charge on any atom is -0.444 e. The van der Waals surface area contributed by atoms with Crippen molar-refractivity contribution in [1.29, 1.82) is 0 Å². The van der Waals surface area contributed by atoms with E-state index in [0.717, 1.165) is 35.4 Å². The van der Waals surface area contributed by atoms with Crippen LogP contribution >= 0.6 is 0 Å². The van der Waals surface area contributed by atoms with Crippen LogP contribution in [0.25, 0.3) is 11.1 Å². The van der Waals surface area contributed by atoms with Crippen LogP contribution in [0.1, 0.15) is 61.3 Å². The van der Waals surface area contributed by atoms with Gasteiger partial charge in [-0.15, -0.1) is 0 Å². The molecular weight excluding hydrogens is 382 g/mol. The highest BCUT2D eigenvalue weighted by Crippen LogP contribution is 2.40. The van der Waals surface area contributed by atoms with E-state index in [0.29, 0.717) is 23.7 Å². The van der Waals surface area contributed by atoms with Crippen LogP contribution in [0.4, 0.5) is 10.5 Å². The first-order valence-electron chi connectivity index (χ1n) is 10.0. The molecule has 0 saturated heterocycles. The number of fused-ring (bicyclic) bond motifs is 1. The maximum Gasteiger partial charge on any atom is 0.407 e. The van der Waals surface area contributed by atoms with Crippen LogP contribution in [0.5, 0.6) is 0 Å². The monoisotopic (exact) mass is 407 g/mol. The molecule has 2 amide bonds. The number of nitrogens with one attached hydrogen (secondary N) is 2. The molecule has 0 unspecified atom stereocenters. The Morgan fingerprint density at radius 2 is 1.87 bits per heavy atom. The van der Waals surface area contributed by atoms with E-state index in [1.165, 1.54) is 0 Å². The Labute approximate surface area is 174 Å². The van der Waals surface area contributed by atoms with Crippen LogP contribution in [0.3, 0.4) is 0 Å². The van der Waals surface area contributed by atoms with E-state index < -0.39 is 11.7 Å². The Balaban J connectivity index is 1.35. The minimum absolute atomic E-state index is 0.216. The van der Waals surface area contributed by atoms with Gasteiger partial charge in [0.2, 0.25) is 0 Å². The number of hydrogen-bond donors (Lipinski definition) is 2. The molecule has 1 fully saturated rings. The van der Waals surface area contributed by atoms with Gasteiger partial charge in [-0.2, -0.15) is 0 Å². The Morgan fingerprint density at radius 1 is 1.13 bits per heavy atom. The second-order valence-corrected chi connectivity index (χ2v) is 8.52. The van der Waals surface area contributed by atoms with Crippen LogP contribution in [-0.2, 0) is 11.3 Å². The summed E-state index contributed by atoms with van der Waals surface area (Å²) in [5.74, 6) is 1.01. The SMILES string of the molecule is CC(C)(C)OC(=O)NCc1ccc(C(=O)Nc2ccc3oc(C4CC4)nc3c2)cc1. The average Bonchev–Trinajstić information content (AvgIpc) is 3.45. The normalized spacial score (nSPS) is 13.8. The number of benzene rings is 2. The van der Waals surface area contributed by atoms with Gasteiger partial charge in [-0.1, -0.05) is 12.1 Å². The second-order valence-electron chi connectivity index (χ2n) is 8.52. The lowest BCUT2D eigenvalue weighted by Crippen LogP contribution is -2.32. The van der Waals surface area contributed by atoms with E-state index in [-0.39, 0.29) is 5.91 Å². The molecule has 3 aromatic rings. The number of anilines is 1. The second kappa shape index (κ2) is 7.82. The van der Waals surface area contributed by atoms with Crippen LogP contribution in [0, 0.1) is 0 Å². The smallest absolute Gasteiger partial charge is 0.407 e. The van der Waals surface area contributed by atoms with Crippen LogP contribution in [0.2, 0.25) is 0 Å². The molecule has 1 aliphatic carbocycles. The Hall–Kier alpha value is -3.35. The standard InChI is InChI=1S/C23H25N3O4/c1-23(2,3)30-22(28)24-13-14-4-6-15(7-5-14)20(27)25-17-10-11-19-18(12-17)26-21(29-19)16-8-9-16/h4-7,10-12,16H,8-9,13H2,1-3H3,(H,24,28)(H,25,27). The fraction of sp³-hybridized carbons (Fsp3) is 0.348. The summed E-state index contributed by atoms with van der Waals surface area (Å²) < 4.78 is 11.0. The van der Waals surface area contributed by atoms with Gasteiger partial charge in [-0.3, -0.25) is 4.79 Å². The van der Waals surface area contributed by atoms with Crippen molar-refractivity contribution < 1.29 is 18.7 Å². The number of carbonyl (C=O) groups is 2. The first-order chi connectivity index (χ1) is 14.3. The summed E-state index contributed by atoms with van der Waals surface area (Å²) in [4.78, 5) is 28.8. The molecule has 0 radical (unpaired) electrons. The third kappa shape index (κ3) is 4.97. The van der Waals surface area contributed by atoms with Gasteiger partial charge < -0.3 is 19.8 Å². The Morgan fingerprint density at radius 3 is 2.53 bits per heavy atom. The van der Waals surface area contributed by atoms with Gasteiger partial charge in [0.25, 0.3) is 5.91 Å². The molecule has 0 spiro atoms. The van der Waals surface area contributed by atoms with Gasteiger partial charge in [0.15, 0.2) is 11.5 Å². The predicted molar refractivity (Wildman–Crippen MR) is 113 cm³/mol. The predicted octanol–water partition coefficient (Wildman–Crippen LogP) is 4.98. The molecule has 1 aromatic heterocycles. The molecule has 30 heavy (non-hydrogen) atoms. The fourth-order valence-corrected chi connectivity index (χ4v) is 2.99. The van der Waals surface area contributed by atoms with Gasteiger partial charge in [-0.05, 0) is 69.5 Å². The lowest BCUT2D eigenvalue weighted by Gasteiger charge is -2.19. The largest absolute Gasteiger partial charge is 0.444 e. The lowest BCUT2D eigenvalue weighted by molar-refractivity contribution is 0.0523. The third-order valence-corrected chi connectivity index (χ3v) is 4.64.